The monoisotopic (exact) mass is 462 g/mol. The molecule has 2 aromatic rings. The maximum atomic E-state index is 13.9. The SMILES string of the molecule is N#CC1(c2ccccc2)CCN(CCCN2C(=O)NC3(CCOc4ccc(F)cc43)C2=O)CC1. The van der Waals surface area contributed by atoms with Crippen LogP contribution in [0.2, 0.25) is 0 Å². The molecule has 7 nitrogen and oxygen atoms in total. The molecule has 3 amide bonds. The molecule has 1 spiro atoms. The zero-order valence-corrected chi connectivity index (χ0v) is 18.9. The van der Waals surface area contributed by atoms with Gasteiger partial charge in [-0.05, 0) is 62.7 Å². The fourth-order valence-electron chi connectivity index (χ4n) is 5.42. The Hall–Kier alpha value is -3.44. The highest BCUT2D eigenvalue weighted by Crippen LogP contribution is 2.41. The molecule has 3 aliphatic rings. The van der Waals surface area contributed by atoms with Crippen LogP contribution in [0.5, 0.6) is 5.75 Å². The highest BCUT2D eigenvalue weighted by molar-refractivity contribution is 6.07. The molecule has 1 unspecified atom stereocenters. The summed E-state index contributed by atoms with van der Waals surface area (Å²) in [4.78, 5) is 29.6. The number of nitriles is 1. The zero-order valence-electron chi connectivity index (χ0n) is 18.9. The van der Waals surface area contributed by atoms with Crippen LogP contribution in [0.15, 0.2) is 48.5 Å². The largest absolute Gasteiger partial charge is 0.493 e. The number of fused-ring (bicyclic) bond motifs is 2. The van der Waals surface area contributed by atoms with Crippen molar-refractivity contribution >= 4 is 11.9 Å². The minimum absolute atomic E-state index is 0.270. The molecule has 3 aliphatic heterocycles. The fourth-order valence-corrected chi connectivity index (χ4v) is 5.42. The number of rotatable bonds is 5. The predicted octanol–water partition coefficient (Wildman–Crippen LogP) is 3.30. The molecule has 8 heteroatoms. The Balaban J connectivity index is 1.20. The van der Waals surface area contributed by atoms with Crippen molar-refractivity contribution < 1.29 is 18.7 Å². The number of nitrogens with one attached hydrogen (secondary N) is 1. The molecule has 176 valence electrons. The number of benzene rings is 2. The number of halogens is 1. The fraction of sp³-hybridized carbons (Fsp3) is 0.423. The summed E-state index contributed by atoms with van der Waals surface area (Å²) in [6, 6.07) is 16.1. The van der Waals surface area contributed by atoms with Gasteiger partial charge in [-0.2, -0.15) is 5.26 Å². The van der Waals surface area contributed by atoms with Gasteiger partial charge >= 0.3 is 6.03 Å². The Labute approximate surface area is 198 Å². The Morgan fingerprint density at radius 1 is 1.06 bits per heavy atom. The van der Waals surface area contributed by atoms with Crippen LogP contribution in [0.25, 0.3) is 0 Å². The number of piperidine rings is 1. The summed E-state index contributed by atoms with van der Waals surface area (Å²) < 4.78 is 19.5. The van der Waals surface area contributed by atoms with Crippen LogP contribution in [0.3, 0.4) is 0 Å². The van der Waals surface area contributed by atoms with Crippen LogP contribution in [0.1, 0.15) is 36.8 Å². The van der Waals surface area contributed by atoms with Crippen molar-refractivity contribution in [3.63, 3.8) is 0 Å². The number of carbonyl (C=O) groups excluding carboxylic acids is 2. The van der Waals surface area contributed by atoms with Gasteiger partial charge in [0.15, 0.2) is 5.54 Å². The number of nitrogens with zero attached hydrogens (tertiary/aromatic N) is 3. The van der Waals surface area contributed by atoms with Crippen molar-refractivity contribution in [3.8, 4) is 11.8 Å². The van der Waals surface area contributed by atoms with E-state index in [1.807, 2.05) is 30.3 Å². The maximum Gasteiger partial charge on any atom is 0.325 e. The molecule has 5 rings (SSSR count). The van der Waals surface area contributed by atoms with E-state index in [0.717, 1.165) is 38.0 Å². The first kappa shape index (κ1) is 22.4. The number of urea groups is 1. The van der Waals surface area contributed by atoms with Crippen LogP contribution in [-0.2, 0) is 15.7 Å². The van der Waals surface area contributed by atoms with Crippen molar-refractivity contribution in [3.05, 3.63) is 65.5 Å². The predicted molar refractivity (Wildman–Crippen MR) is 122 cm³/mol. The second kappa shape index (κ2) is 8.73. The molecule has 2 saturated heterocycles. The summed E-state index contributed by atoms with van der Waals surface area (Å²) in [7, 11) is 0. The molecule has 0 saturated carbocycles. The lowest BCUT2D eigenvalue weighted by atomic mass is 9.74. The second-order valence-electron chi connectivity index (χ2n) is 9.29. The Morgan fingerprint density at radius 2 is 1.82 bits per heavy atom. The summed E-state index contributed by atoms with van der Waals surface area (Å²) in [5, 5.41) is 12.7. The molecule has 0 bridgehead atoms. The van der Waals surface area contributed by atoms with E-state index in [-0.39, 0.29) is 25.5 Å². The third kappa shape index (κ3) is 3.70. The second-order valence-corrected chi connectivity index (χ2v) is 9.29. The molecular weight excluding hydrogens is 435 g/mol. The summed E-state index contributed by atoms with van der Waals surface area (Å²) >= 11 is 0. The average Bonchev–Trinajstić information content (AvgIpc) is 3.10. The van der Waals surface area contributed by atoms with E-state index in [4.69, 9.17) is 4.74 Å². The third-order valence-electron chi connectivity index (χ3n) is 7.42. The number of carbonyl (C=O) groups is 2. The number of hydrogen-bond donors (Lipinski definition) is 1. The highest BCUT2D eigenvalue weighted by Gasteiger charge is 2.54. The van der Waals surface area contributed by atoms with E-state index in [9.17, 15) is 19.2 Å². The van der Waals surface area contributed by atoms with Gasteiger partial charge in [0.25, 0.3) is 5.91 Å². The molecule has 0 radical (unpaired) electrons. The van der Waals surface area contributed by atoms with Gasteiger partial charge in [0.05, 0.1) is 18.1 Å². The van der Waals surface area contributed by atoms with Gasteiger partial charge in [-0.25, -0.2) is 9.18 Å². The van der Waals surface area contributed by atoms with Crippen molar-refractivity contribution in [2.24, 2.45) is 0 Å². The molecule has 1 N–H and O–H groups in total. The molecule has 0 aromatic heterocycles. The molecule has 3 heterocycles. The Bertz CT molecular complexity index is 1140. The van der Waals surface area contributed by atoms with E-state index in [0.29, 0.717) is 17.7 Å². The normalized spacial score (nSPS) is 23.8. The highest BCUT2D eigenvalue weighted by atomic mass is 19.1. The van der Waals surface area contributed by atoms with Gasteiger partial charge in [0, 0.05) is 18.5 Å². The van der Waals surface area contributed by atoms with Crippen LogP contribution in [0.4, 0.5) is 9.18 Å². The molecule has 1 atom stereocenters. The van der Waals surface area contributed by atoms with Gasteiger partial charge in [-0.15, -0.1) is 0 Å². The summed E-state index contributed by atoms with van der Waals surface area (Å²) in [6.07, 6.45) is 2.41. The standard InChI is InChI=1S/C26H27FN4O3/c27-20-7-8-22-21(17-20)26(11-16-34-22)23(32)31(24(33)29-26)13-4-12-30-14-9-25(18-28,10-15-30)19-5-2-1-3-6-19/h1-3,5-8,17H,4,9-16H2,(H,29,33). The lowest BCUT2D eigenvalue weighted by Crippen LogP contribution is -2.47. The number of amides is 3. The first-order chi connectivity index (χ1) is 16.5. The van der Waals surface area contributed by atoms with E-state index >= 15 is 0 Å². The van der Waals surface area contributed by atoms with Crippen LogP contribution in [-0.4, -0.2) is 54.5 Å². The van der Waals surface area contributed by atoms with Crippen molar-refractivity contribution in [2.45, 2.75) is 36.6 Å². The van der Waals surface area contributed by atoms with Gasteiger partial charge in [0.2, 0.25) is 0 Å². The zero-order chi connectivity index (χ0) is 23.8. The summed E-state index contributed by atoms with van der Waals surface area (Å²) in [5.41, 5.74) is -0.278. The Morgan fingerprint density at radius 3 is 2.56 bits per heavy atom. The van der Waals surface area contributed by atoms with E-state index in [1.165, 1.54) is 23.1 Å². The minimum Gasteiger partial charge on any atom is -0.493 e. The average molecular weight is 463 g/mol. The van der Waals surface area contributed by atoms with Gasteiger partial charge in [-0.3, -0.25) is 9.69 Å². The van der Waals surface area contributed by atoms with E-state index in [2.05, 4.69) is 16.3 Å². The first-order valence-corrected chi connectivity index (χ1v) is 11.7. The topological polar surface area (TPSA) is 85.7 Å². The molecule has 0 aliphatic carbocycles. The lowest BCUT2D eigenvalue weighted by molar-refractivity contribution is -0.132. The summed E-state index contributed by atoms with van der Waals surface area (Å²) in [6.45, 7) is 2.87. The number of imide groups is 1. The molecule has 2 aromatic carbocycles. The van der Waals surface area contributed by atoms with Gasteiger partial charge in [-0.1, -0.05) is 30.3 Å². The number of hydrogen-bond acceptors (Lipinski definition) is 5. The third-order valence-corrected chi connectivity index (χ3v) is 7.42. The minimum atomic E-state index is -1.26. The summed E-state index contributed by atoms with van der Waals surface area (Å²) in [5.74, 6) is -0.395. The molecule has 2 fully saturated rings. The van der Waals surface area contributed by atoms with E-state index < -0.39 is 22.8 Å². The lowest BCUT2D eigenvalue weighted by Gasteiger charge is -2.37. The number of ether oxygens (including phenoxy) is 1. The smallest absolute Gasteiger partial charge is 0.325 e. The maximum absolute atomic E-state index is 13.9. The van der Waals surface area contributed by atoms with Crippen molar-refractivity contribution in [2.75, 3.05) is 32.8 Å². The van der Waals surface area contributed by atoms with Crippen LogP contribution in [0, 0.1) is 17.1 Å². The molecular formula is C26H27FN4O3. The Kier molecular flexibility index (Phi) is 5.74. The van der Waals surface area contributed by atoms with E-state index in [1.54, 1.807) is 0 Å². The van der Waals surface area contributed by atoms with Gasteiger partial charge < -0.3 is 15.0 Å². The molecule has 34 heavy (non-hydrogen) atoms. The first-order valence-electron chi connectivity index (χ1n) is 11.7. The number of likely N-dealkylation sites (tertiary alicyclic amines) is 1. The van der Waals surface area contributed by atoms with Crippen LogP contribution < -0.4 is 10.1 Å². The van der Waals surface area contributed by atoms with Crippen molar-refractivity contribution in [1.29, 1.82) is 5.26 Å². The van der Waals surface area contributed by atoms with Gasteiger partial charge in [0.1, 0.15) is 11.6 Å². The van der Waals surface area contributed by atoms with Crippen molar-refractivity contribution in [1.82, 2.24) is 15.1 Å². The quantitative estimate of drug-likeness (QED) is 0.689. The van der Waals surface area contributed by atoms with Crippen LogP contribution >= 0.6 is 0 Å².